The van der Waals surface area contributed by atoms with Crippen molar-refractivity contribution in [3.8, 4) is 0 Å². The maximum Gasteiger partial charge on any atom is 0.255 e. The van der Waals surface area contributed by atoms with Crippen LogP contribution in [0.15, 0.2) is 64.8 Å². The van der Waals surface area contributed by atoms with Crippen molar-refractivity contribution in [2.45, 2.75) is 112 Å². The normalized spacial score (nSPS) is 19.0. The number of carbonyl (C=O) groups is 6. The predicted octanol–water partition coefficient (Wildman–Crippen LogP) is 4.55. The first-order valence-corrected chi connectivity index (χ1v) is 22.7. The van der Waals surface area contributed by atoms with Gasteiger partial charge in [0, 0.05) is 98.9 Å². The first kappa shape index (κ1) is 44.7. The number of aromatic nitrogens is 2. The van der Waals surface area contributed by atoms with E-state index in [0.29, 0.717) is 49.4 Å². The number of fused-ring (bicyclic) bond motifs is 1. The number of piperidine rings is 2. The van der Waals surface area contributed by atoms with Crippen LogP contribution in [0.2, 0.25) is 0 Å². The Bertz CT molecular complexity index is 2120. The molecule has 5 heterocycles. The average molecular weight is 867 g/mol. The number of benzene rings is 2. The third-order valence-electron chi connectivity index (χ3n) is 12.2. The lowest BCUT2D eigenvalue weighted by Gasteiger charge is -2.37. The average Bonchev–Trinajstić information content (AvgIpc) is 3.57. The molecule has 1 atom stereocenters. The van der Waals surface area contributed by atoms with E-state index in [1.54, 1.807) is 30.6 Å². The second kappa shape index (κ2) is 20.7. The fraction of sp³-hybridized carbons (Fsp3) is 0.511. The van der Waals surface area contributed by atoms with Gasteiger partial charge in [-0.15, -0.1) is 0 Å². The molecule has 0 saturated carbocycles. The third-order valence-corrected chi connectivity index (χ3v) is 13.1. The zero-order chi connectivity index (χ0) is 43.6. The summed E-state index contributed by atoms with van der Waals surface area (Å²) in [7, 11) is 0. The van der Waals surface area contributed by atoms with E-state index in [0.717, 1.165) is 99.0 Å². The van der Waals surface area contributed by atoms with Gasteiger partial charge in [-0.2, -0.15) is 0 Å². The number of anilines is 3. The number of unbranched alkanes of at least 4 members (excludes halogenated alkanes) is 4. The van der Waals surface area contributed by atoms with Crippen LogP contribution in [0.3, 0.4) is 0 Å². The van der Waals surface area contributed by atoms with E-state index < -0.39 is 11.9 Å². The number of amides is 6. The van der Waals surface area contributed by atoms with Crippen LogP contribution >= 0.6 is 11.8 Å². The lowest BCUT2D eigenvalue weighted by molar-refractivity contribution is -0.137. The summed E-state index contributed by atoms with van der Waals surface area (Å²) in [5.41, 5.74) is 8.63. The summed E-state index contributed by atoms with van der Waals surface area (Å²) in [6.07, 6.45) is 11.4. The zero-order valence-corrected chi connectivity index (χ0v) is 36.4. The summed E-state index contributed by atoms with van der Waals surface area (Å²) >= 11 is 1.47. The van der Waals surface area contributed by atoms with Gasteiger partial charge in [-0.05, 0) is 81.5 Å². The van der Waals surface area contributed by atoms with Gasteiger partial charge in [0.05, 0.1) is 12.4 Å². The van der Waals surface area contributed by atoms with Crippen LogP contribution in [-0.4, -0.2) is 118 Å². The van der Waals surface area contributed by atoms with Gasteiger partial charge in [0.1, 0.15) is 16.9 Å². The van der Waals surface area contributed by atoms with Crippen molar-refractivity contribution < 1.29 is 28.8 Å². The van der Waals surface area contributed by atoms with Gasteiger partial charge in [-0.3, -0.25) is 39.0 Å². The van der Waals surface area contributed by atoms with Crippen molar-refractivity contribution >= 4 is 64.4 Å². The molecule has 330 valence electrons. The number of hydrogen-bond donors (Lipinski definition) is 4. The standard InChI is InChI=1S/C45H58N10O6S/c1-45(46)17-20-53(21-18-45)37-28-48-41(29-47-37)62-34-9-7-8-32(26-34)49-39(57)15-16-42(59)54-24-22-52(23-25-54)19-6-4-2-3-5-10-38(56)50-33-12-11-31-30-55(44(61)35(31)27-33)36-13-14-40(58)51-43(36)60/h7-9,11-12,26-29,36H,2-6,10,13-25,30,46H2,1H3,(H,49,57)(H,50,56)(H,51,58,60). The van der Waals surface area contributed by atoms with E-state index in [1.165, 1.54) is 16.7 Å². The van der Waals surface area contributed by atoms with Gasteiger partial charge in [0.25, 0.3) is 5.91 Å². The lowest BCUT2D eigenvalue weighted by atomic mass is 9.91. The molecule has 1 aromatic heterocycles. The van der Waals surface area contributed by atoms with Crippen LogP contribution in [0.4, 0.5) is 17.2 Å². The van der Waals surface area contributed by atoms with E-state index in [9.17, 15) is 28.8 Å². The van der Waals surface area contributed by atoms with E-state index in [-0.39, 0.29) is 54.3 Å². The minimum Gasteiger partial charge on any atom is -0.355 e. The Labute approximate surface area is 367 Å². The molecule has 0 radical (unpaired) electrons. The molecule has 0 spiro atoms. The molecular weight excluding hydrogens is 809 g/mol. The van der Waals surface area contributed by atoms with Crippen molar-refractivity contribution in [1.29, 1.82) is 0 Å². The molecule has 3 aromatic rings. The van der Waals surface area contributed by atoms with E-state index in [4.69, 9.17) is 5.73 Å². The van der Waals surface area contributed by atoms with Crippen LogP contribution in [0.5, 0.6) is 0 Å². The van der Waals surface area contributed by atoms with Crippen molar-refractivity contribution in [3.05, 3.63) is 66.0 Å². The summed E-state index contributed by atoms with van der Waals surface area (Å²) in [6.45, 7) is 8.00. The molecule has 1 unspecified atom stereocenters. The summed E-state index contributed by atoms with van der Waals surface area (Å²) in [5.74, 6) is -0.488. The van der Waals surface area contributed by atoms with Gasteiger partial charge >= 0.3 is 0 Å². The second-order valence-corrected chi connectivity index (χ2v) is 18.2. The second-order valence-electron chi connectivity index (χ2n) is 17.1. The number of rotatable bonds is 17. The number of piperazine rings is 1. The minimum atomic E-state index is -0.672. The molecular formula is C45H58N10O6S. The van der Waals surface area contributed by atoms with Crippen LogP contribution in [0.1, 0.15) is 99.9 Å². The first-order chi connectivity index (χ1) is 29.9. The molecule has 6 amide bonds. The molecule has 3 saturated heterocycles. The number of nitrogens with zero attached hydrogens (tertiary/aromatic N) is 6. The zero-order valence-electron chi connectivity index (χ0n) is 35.5. The molecule has 5 N–H and O–H groups in total. The molecule has 4 aliphatic rings. The van der Waals surface area contributed by atoms with Crippen molar-refractivity contribution in [3.63, 3.8) is 0 Å². The molecule has 16 nitrogen and oxygen atoms in total. The van der Waals surface area contributed by atoms with E-state index >= 15 is 0 Å². The molecule has 7 rings (SSSR count). The van der Waals surface area contributed by atoms with Gasteiger partial charge < -0.3 is 31.1 Å². The Morgan fingerprint density at radius 2 is 1.56 bits per heavy atom. The van der Waals surface area contributed by atoms with Crippen molar-refractivity contribution in [1.82, 2.24) is 30.0 Å². The molecule has 3 fully saturated rings. The number of imide groups is 1. The first-order valence-electron chi connectivity index (χ1n) is 21.9. The Morgan fingerprint density at radius 1 is 0.839 bits per heavy atom. The largest absolute Gasteiger partial charge is 0.355 e. The molecule has 17 heteroatoms. The fourth-order valence-electron chi connectivity index (χ4n) is 8.36. The van der Waals surface area contributed by atoms with Gasteiger partial charge in [0.2, 0.25) is 29.5 Å². The Kier molecular flexibility index (Phi) is 14.9. The summed E-state index contributed by atoms with van der Waals surface area (Å²) in [6, 6.07) is 12.2. The summed E-state index contributed by atoms with van der Waals surface area (Å²) < 4.78 is 0. The maximum atomic E-state index is 13.1. The van der Waals surface area contributed by atoms with Gasteiger partial charge in [0.15, 0.2) is 0 Å². The monoisotopic (exact) mass is 866 g/mol. The molecule has 0 aliphatic carbocycles. The number of hydrogen-bond acceptors (Lipinski definition) is 12. The van der Waals surface area contributed by atoms with E-state index in [2.05, 4.69) is 42.6 Å². The molecule has 62 heavy (non-hydrogen) atoms. The van der Waals surface area contributed by atoms with Crippen LogP contribution < -0.4 is 26.6 Å². The van der Waals surface area contributed by atoms with Gasteiger partial charge in [-0.1, -0.05) is 43.2 Å². The quantitative estimate of drug-likeness (QED) is 0.109. The highest BCUT2D eigenvalue weighted by Crippen LogP contribution is 2.31. The Balaban J connectivity index is 0.718. The highest BCUT2D eigenvalue weighted by atomic mass is 32.2. The molecule has 2 aromatic carbocycles. The van der Waals surface area contributed by atoms with Crippen molar-refractivity contribution in [2.24, 2.45) is 5.73 Å². The Hall–Kier alpha value is -5.39. The van der Waals surface area contributed by atoms with Crippen LogP contribution in [0, 0.1) is 0 Å². The molecule has 4 aliphatic heterocycles. The highest BCUT2D eigenvalue weighted by molar-refractivity contribution is 7.99. The topological polar surface area (TPSA) is 203 Å². The van der Waals surface area contributed by atoms with E-state index in [1.807, 2.05) is 29.2 Å². The number of nitrogens with one attached hydrogen (secondary N) is 3. The van der Waals surface area contributed by atoms with Crippen molar-refractivity contribution in [2.75, 3.05) is 61.3 Å². The number of carbonyl (C=O) groups excluding carboxylic acids is 6. The summed E-state index contributed by atoms with van der Waals surface area (Å²) in [4.78, 5) is 93.5. The maximum absolute atomic E-state index is 13.1. The van der Waals surface area contributed by atoms with Crippen LogP contribution in [-0.2, 0) is 30.5 Å². The highest BCUT2D eigenvalue weighted by Gasteiger charge is 2.39. The molecule has 0 bridgehead atoms. The Morgan fingerprint density at radius 3 is 2.31 bits per heavy atom. The smallest absolute Gasteiger partial charge is 0.255 e. The number of nitrogens with two attached hydrogens (primary N) is 1. The third kappa shape index (κ3) is 12.2. The van der Waals surface area contributed by atoms with Crippen LogP contribution in [0.25, 0.3) is 0 Å². The van der Waals surface area contributed by atoms with Gasteiger partial charge in [-0.25, -0.2) is 9.97 Å². The SMILES string of the molecule is CC1(N)CCN(c2cnc(Sc3cccc(NC(=O)CCC(=O)N4CCN(CCCCCCCC(=O)Nc5ccc6c(c5)C(=O)N(C5CCC(=O)NC5=O)C6)CC4)c3)cn2)CC1. The fourth-order valence-corrected chi connectivity index (χ4v) is 9.15. The lowest BCUT2D eigenvalue weighted by Crippen LogP contribution is -2.52. The summed E-state index contributed by atoms with van der Waals surface area (Å²) in [5, 5.41) is 8.91. The predicted molar refractivity (Wildman–Crippen MR) is 236 cm³/mol. The minimum absolute atomic E-state index is 0.00199.